The predicted molar refractivity (Wildman–Crippen MR) is 62.6 cm³/mol. The van der Waals surface area contributed by atoms with Crippen LogP contribution in [0.25, 0.3) is 0 Å². The molecular formula is C10H21NO4S. The number of hydrogen-bond donors (Lipinski definition) is 1. The van der Waals surface area contributed by atoms with Crippen molar-refractivity contribution in [2.24, 2.45) is 0 Å². The van der Waals surface area contributed by atoms with Crippen molar-refractivity contribution in [2.45, 2.75) is 45.8 Å². The first-order valence-electron chi connectivity index (χ1n) is 5.31. The smallest absolute Gasteiger partial charge is 0.211 e. The molecule has 0 saturated heterocycles. The fourth-order valence-corrected chi connectivity index (χ4v) is 2.45. The summed E-state index contributed by atoms with van der Waals surface area (Å²) in [5, 5.41) is 9.02. The second-order valence-electron chi connectivity index (χ2n) is 4.33. The molecule has 1 atom stereocenters. The second-order valence-corrected chi connectivity index (χ2v) is 6.26. The van der Waals surface area contributed by atoms with Gasteiger partial charge in [0.1, 0.15) is 5.78 Å². The molecule has 0 bridgehead atoms. The fourth-order valence-electron chi connectivity index (χ4n) is 1.31. The van der Waals surface area contributed by atoms with E-state index in [9.17, 15) is 13.2 Å². The van der Waals surface area contributed by atoms with Gasteiger partial charge in [-0.2, -0.15) is 4.31 Å². The molecular weight excluding hydrogens is 230 g/mol. The third-order valence-corrected chi connectivity index (χ3v) is 3.58. The van der Waals surface area contributed by atoms with Gasteiger partial charge in [-0.1, -0.05) is 0 Å². The van der Waals surface area contributed by atoms with E-state index < -0.39 is 16.1 Å². The highest BCUT2D eigenvalue weighted by Crippen LogP contribution is 2.07. The largest absolute Gasteiger partial charge is 0.393 e. The molecule has 6 heteroatoms. The Morgan fingerprint density at radius 2 is 1.81 bits per heavy atom. The van der Waals surface area contributed by atoms with Crippen molar-refractivity contribution >= 4 is 15.8 Å². The van der Waals surface area contributed by atoms with Crippen LogP contribution in [0.1, 0.15) is 33.6 Å². The van der Waals surface area contributed by atoms with Gasteiger partial charge in [0.05, 0.1) is 18.9 Å². The van der Waals surface area contributed by atoms with Gasteiger partial charge in [-0.15, -0.1) is 0 Å². The lowest BCUT2D eigenvalue weighted by molar-refractivity contribution is -0.120. The average Bonchev–Trinajstić information content (AvgIpc) is 2.08. The first kappa shape index (κ1) is 15.5. The monoisotopic (exact) mass is 251 g/mol. The van der Waals surface area contributed by atoms with E-state index in [1.165, 1.54) is 0 Å². The van der Waals surface area contributed by atoms with Crippen molar-refractivity contribution in [2.75, 3.05) is 12.8 Å². The molecule has 96 valence electrons. The van der Waals surface area contributed by atoms with E-state index in [0.717, 1.165) is 10.6 Å². The Bertz CT molecular complexity index is 322. The number of rotatable bonds is 7. The standard InChI is InChI=1S/C10H21NO4S/c1-8(2)11(16(4,14)15)7-10(13)6-5-9(3)12/h8-9,12H,5-7H2,1-4H3. The lowest BCUT2D eigenvalue weighted by Crippen LogP contribution is -2.40. The number of carbonyl (C=O) groups is 1. The third-order valence-electron chi connectivity index (χ3n) is 2.18. The maximum atomic E-state index is 11.5. The zero-order chi connectivity index (χ0) is 12.9. The summed E-state index contributed by atoms with van der Waals surface area (Å²) in [6, 6.07) is -0.231. The molecule has 0 saturated carbocycles. The first-order chi connectivity index (χ1) is 7.14. The Morgan fingerprint density at radius 3 is 2.12 bits per heavy atom. The van der Waals surface area contributed by atoms with E-state index in [1.807, 2.05) is 0 Å². The molecule has 0 aromatic carbocycles. The predicted octanol–water partition coefficient (Wildman–Crippen LogP) is 0.387. The average molecular weight is 251 g/mol. The summed E-state index contributed by atoms with van der Waals surface area (Å²) >= 11 is 0. The molecule has 5 nitrogen and oxygen atoms in total. The van der Waals surface area contributed by atoms with Gasteiger partial charge in [-0.25, -0.2) is 8.42 Å². The summed E-state index contributed by atoms with van der Waals surface area (Å²) in [4.78, 5) is 11.5. The Kier molecular flexibility index (Phi) is 6.14. The molecule has 0 aliphatic rings. The van der Waals surface area contributed by atoms with E-state index in [4.69, 9.17) is 5.11 Å². The molecule has 0 rings (SSSR count). The van der Waals surface area contributed by atoms with Gasteiger partial charge in [0.25, 0.3) is 0 Å². The SMILES string of the molecule is CC(O)CCC(=O)CN(C(C)C)S(C)(=O)=O. The molecule has 0 aromatic heterocycles. The molecule has 0 heterocycles. The van der Waals surface area contributed by atoms with Crippen molar-refractivity contribution < 1.29 is 18.3 Å². The van der Waals surface area contributed by atoms with Gasteiger partial charge in [0.15, 0.2) is 0 Å². The summed E-state index contributed by atoms with van der Waals surface area (Å²) in [6.45, 7) is 4.94. The molecule has 0 amide bonds. The Labute approximate surface area is 97.5 Å². The van der Waals surface area contributed by atoms with Crippen LogP contribution in [0.3, 0.4) is 0 Å². The van der Waals surface area contributed by atoms with Crippen LogP contribution in [0, 0.1) is 0 Å². The van der Waals surface area contributed by atoms with E-state index in [2.05, 4.69) is 0 Å². The normalized spacial score (nSPS) is 14.4. The van der Waals surface area contributed by atoms with Crippen molar-refractivity contribution in [1.29, 1.82) is 0 Å². The highest BCUT2D eigenvalue weighted by atomic mass is 32.2. The van der Waals surface area contributed by atoms with E-state index in [1.54, 1.807) is 20.8 Å². The summed E-state index contributed by atoms with van der Waals surface area (Å²) in [5.74, 6) is -0.167. The number of Topliss-reactive ketones (excluding diaryl/α,β-unsaturated/α-hetero) is 1. The number of sulfonamides is 1. The number of carbonyl (C=O) groups excluding carboxylic acids is 1. The Hall–Kier alpha value is -0.460. The van der Waals surface area contributed by atoms with Crippen LogP contribution in [0.15, 0.2) is 0 Å². The summed E-state index contributed by atoms with van der Waals surface area (Å²) in [5.41, 5.74) is 0. The van der Waals surface area contributed by atoms with Crippen molar-refractivity contribution in [1.82, 2.24) is 4.31 Å². The number of aliphatic hydroxyl groups is 1. The van der Waals surface area contributed by atoms with Gasteiger partial charge < -0.3 is 5.11 Å². The highest BCUT2D eigenvalue weighted by Gasteiger charge is 2.22. The Balaban J connectivity index is 4.38. The van der Waals surface area contributed by atoms with Gasteiger partial charge in [0, 0.05) is 12.5 Å². The molecule has 0 fully saturated rings. The summed E-state index contributed by atoms with van der Waals surface area (Å²) in [6.07, 6.45) is 1.13. The van der Waals surface area contributed by atoms with Gasteiger partial charge >= 0.3 is 0 Å². The second kappa shape index (κ2) is 6.32. The molecule has 16 heavy (non-hydrogen) atoms. The zero-order valence-corrected chi connectivity index (χ0v) is 11.1. The van der Waals surface area contributed by atoms with Crippen LogP contribution < -0.4 is 0 Å². The van der Waals surface area contributed by atoms with Crippen molar-refractivity contribution in [3.8, 4) is 0 Å². The van der Waals surface area contributed by atoms with Crippen LogP contribution in [-0.2, 0) is 14.8 Å². The number of nitrogens with zero attached hydrogens (tertiary/aromatic N) is 1. The van der Waals surface area contributed by atoms with Crippen molar-refractivity contribution in [3.63, 3.8) is 0 Å². The lowest BCUT2D eigenvalue weighted by atomic mass is 10.1. The Morgan fingerprint density at radius 1 is 1.31 bits per heavy atom. The quantitative estimate of drug-likeness (QED) is 0.710. The van der Waals surface area contributed by atoms with Crippen LogP contribution >= 0.6 is 0 Å². The number of hydrogen-bond acceptors (Lipinski definition) is 4. The minimum absolute atomic E-state index is 0.108. The zero-order valence-electron chi connectivity index (χ0n) is 10.3. The molecule has 1 unspecified atom stereocenters. The summed E-state index contributed by atoms with van der Waals surface area (Å²) in [7, 11) is -3.35. The first-order valence-corrected chi connectivity index (χ1v) is 7.16. The molecule has 0 aliphatic heterocycles. The molecule has 0 aliphatic carbocycles. The van der Waals surface area contributed by atoms with Crippen LogP contribution in [-0.4, -0.2) is 48.6 Å². The summed E-state index contributed by atoms with van der Waals surface area (Å²) < 4.78 is 23.9. The molecule has 0 aromatic rings. The molecule has 0 radical (unpaired) electrons. The van der Waals surface area contributed by atoms with Gasteiger partial charge in [-0.05, 0) is 27.2 Å². The lowest BCUT2D eigenvalue weighted by Gasteiger charge is -2.23. The van der Waals surface area contributed by atoms with E-state index in [0.29, 0.717) is 6.42 Å². The van der Waals surface area contributed by atoms with E-state index >= 15 is 0 Å². The van der Waals surface area contributed by atoms with Gasteiger partial charge in [0.2, 0.25) is 10.0 Å². The fraction of sp³-hybridized carbons (Fsp3) is 0.900. The molecule has 1 N–H and O–H groups in total. The molecule has 0 spiro atoms. The maximum absolute atomic E-state index is 11.5. The van der Waals surface area contributed by atoms with E-state index in [-0.39, 0.29) is 24.8 Å². The van der Waals surface area contributed by atoms with Gasteiger partial charge in [-0.3, -0.25) is 4.79 Å². The number of ketones is 1. The van der Waals surface area contributed by atoms with Crippen molar-refractivity contribution in [3.05, 3.63) is 0 Å². The highest BCUT2D eigenvalue weighted by molar-refractivity contribution is 7.88. The maximum Gasteiger partial charge on any atom is 0.211 e. The van der Waals surface area contributed by atoms with Crippen LogP contribution in [0.2, 0.25) is 0 Å². The minimum Gasteiger partial charge on any atom is -0.393 e. The topological polar surface area (TPSA) is 74.7 Å². The van der Waals surface area contributed by atoms with Crippen LogP contribution in [0.4, 0.5) is 0 Å². The third kappa shape index (κ3) is 6.19. The number of aliphatic hydroxyl groups excluding tert-OH is 1. The van der Waals surface area contributed by atoms with Crippen LogP contribution in [0.5, 0.6) is 0 Å². The minimum atomic E-state index is -3.35.